The van der Waals surface area contributed by atoms with Gasteiger partial charge in [-0.05, 0) is 39.3 Å². The molecule has 0 amide bonds. The predicted octanol–water partition coefficient (Wildman–Crippen LogP) is 3.81. The lowest BCUT2D eigenvalue weighted by molar-refractivity contribution is 0.278. The maximum absolute atomic E-state index is 3.69. The van der Waals surface area contributed by atoms with E-state index in [-0.39, 0.29) is 0 Å². The lowest BCUT2D eigenvalue weighted by Gasteiger charge is -2.21. The second-order valence-corrected chi connectivity index (χ2v) is 5.96. The average molecular weight is 254 g/mol. The van der Waals surface area contributed by atoms with Crippen LogP contribution >= 0.6 is 0 Å². The summed E-state index contributed by atoms with van der Waals surface area (Å²) >= 11 is 0. The maximum Gasteiger partial charge on any atom is 0.0107 e. The summed E-state index contributed by atoms with van der Waals surface area (Å²) in [6.07, 6.45) is 12.6. The van der Waals surface area contributed by atoms with Gasteiger partial charge in [0.15, 0.2) is 0 Å². The van der Waals surface area contributed by atoms with Crippen LogP contribution < -0.4 is 5.32 Å². The van der Waals surface area contributed by atoms with Gasteiger partial charge in [-0.25, -0.2) is 0 Å². The SMILES string of the molecule is CCCCCCC(C)NCCN1CCCCCC1. The number of hydrogen-bond acceptors (Lipinski definition) is 2. The Balaban J connectivity index is 1.95. The standard InChI is InChI=1S/C16H34N2/c1-3-4-5-8-11-16(2)17-12-15-18-13-9-6-7-10-14-18/h16-17H,3-15H2,1-2H3. The van der Waals surface area contributed by atoms with Gasteiger partial charge in [0.1, 0.15) is 0 Å². The van der Waals surface area contributed by atoms with Crippen LogP contribution in [-0.4, -0.2) is 37.1 Å². The molecule has 1 aliphatic rings. The van der Waals surface area contributed by atoms with Crippen LogP contribution in [-0.2, 0) is 0 Å². The average Bonchev–Trinajstić information content (AvgIpc) is 2.63. The summed E-state index contributed by atoms with van der Waals surface area (Å²) in [7, 11) is 0. The molecule has 1 fully saturated rings. The zero-order valence-electron chi connectivity index (χ0n) is 12.7. The molecule has 0 saturated carbocycles. The van der Waals surface area contributed by atoms with Crippen molar-refractivity contribution in [1.29, 1.82) is 0 Å². The molecule has 0 aliphatic carbocycles. The summed E-state index contributed by atoms with van der Waals surface area (Å²) in [6.45, 7) is 9.70. The molecule has 0 aromatic heterocycles. The fourth-order valence-electron chi connectivity index (χ4n) is 2.81. The number of nitrogens with one attached hydrogen (secondary N) is 1. The van der Waals surface area contributed by atoms with Crippen LogP contribution in [0, 0.1) is 0 Å². The molecule has 1 unspecified atom stereocenters. The van der Waals surface area contributed by atoms with Crippen LogP contribution in [0.4, 0.5) is 0 Å². The Bertz CT molecular complexity index is 174. The van der Waals surface area contributed by atoms with Gasteiger partial charge in [0.25, 0.3) is 0 Å². The van der Waals surface area contributed by atoms with Crippen molar-refractivity contribution in [2.45, 2.75) is 77.7 Å². The smallest absolute Gasteiger partial charge is 0.0107 e. The first kappa shape index (κ1) is 16.0. The van der Waals surface area contributed by atoms with Crippen LogP contribution in [0.5, 0.6) is 0 Å². The summed E-state index contributed by atoms with van der Waals surface area (Å²) in [5, 5.41) is 3.69. The van der Waals surface area contributed by atoms with E-state index in [4.69, 9.17) is 0 Å². The van der Waals surface area contributed by atoms with Gasteiger partial charge in [0.05, 0.1) is 0 Å². The Morgan fingerprint density at radius 3 is 2.39 bits per heavy atom. The molecule has 1 rings (SSSR count). The monoisotopic (exact) mass is 254 g/mol. The Hall–Kier alpha value is -0.0800. The van der Waals surface area contributed by atoms with Crippen molar-refractivity contribution in [1.82, 2.24) is 10.2 Å². The molecule has 0 bridgehead atoms. The van der Waals surface area contributed by atoms with E-state index in [2.05, 4.69) is 24.1 Å². The molecule has 1 atom stereocenters. The fourth-order valence-corrected chi connectivity index (χ4v) is 2.81. The van der Waals surface area contributed by atoms with Gasteiger partial charge in [-0.3, -0.25) is 0 Å². The highest BCUT2D eigenvalue weighted by Gasteiger charge is 2.08. The third-order valence-corrected chi connectivity index (χ3v) is 4.11. The second-order valence-electron chi connectivity index (χ2n) is 5.96. The molecule has 108 valence electrons. The molecule has 1 saturated heterocycles. The summed E-state index contributed by atoms with van der Waals surface area (Å²) in [4.78, 5) is 2.64. The van der Waals surface area contributed by atoms with Gasteiger partial charge in [-0.1, -0.05) is 45.4 Å². The first-order valence-corrected chi connectivity index (χ1v) is 8.28. The molecule has 0 radical (unpaired) electrons. The van der Waals surface area contributed by atoms with E-state index in [1.54, 1.807) is 0 Å². The van der Waals surface area contributed by atoms with E-state index in [0.717, 1.165) is 0 Å². The Labute approximate surface area is 115 Å². The summed E-state index contributed by atoms with van der Waals surface area (Å²) in [6, 6.07) is 0.703. The number of nitrogens with zero attached hydrogens (tertiary/aromatic N) is 1. The third-order valence-electron chi connectivity index (χ3n) is 4.11. The first-order chi connectivity index (χ1) is 8.83. The quantitative estimate of drug-likeness (QED) is 0.629. The number of unbranched alkanes of at least 4 members (excludes halogenated alkanes) is 3. The summed E-state index contributed by atoms with van der Waals surface area (Å²) < 4.78 is 0. The Morgan fingerprint density at radius 1 is 1.00 bits per heavy atom. The molecule has 0 aromatic rings. The van der Waals surface area contributed by atoms with Crippen molar-refractivity contribution < 1.29 is 0 Å². The van der Waals surface area contributed by atoms with Gasteiger partial charge in [-0.15, -0.1) is 0 Å². The molecular formula is C16H34N2. The van der Waals surface area contributed by atoms with Crippen molar-refractivity contribution in [3.8, 4) is 0 Å². The van der Waals surface area contributed by atoms with E-state index in [9.17, 15) is 0 Å². The van der Waals surface area contributed by atoms with Gasteiger partial charge in [0.2, 0.25) is 0 Å². The largest absolute Gasteiger partial charge is 0.313 e. The van der Waals surface area contributed by atoms with E-state index in [1.165, 1.54) is 84.0 Å². The van der Waals surface area contributed by atoms with Crippen molar-refractivity contribution in [3.05, 3.63) is 0 Å². The molecule has 1 N–H and O–H groups in total. The van der Waals surface area contributed by atoms with Crippen molar-refractivity contribution in [2.24, 2.45) is 0 Å². The van der Waals surface area contributed by atoms with Crippen LogP contribution in [0.25, 0.3) is 0 Å². The van der Waals surface area contributed by atoms with E-state index < -0.39 is 0 Å². The topological polar surface area (TPSA) is 15.3 Å². The van der Waals surface area contributed by atoms with E-state index >= 15 is 0 Å². The Kier molecular flexibility index (Phi) is 9.59. The summed E-state index contributed by atoms with van der Waals surface area (Å²) in [5.41, 5.74) is 0. The van der Waals surface area contributed by atoms with Gasteiger partial charge in [-0.2, -0.15) is 0 Å². The molecule has 0 aromatic carbocycles. The number of rotatable bonds is 9. The normalized spacial score (nSPS) is 19.7. The zero-order chi connectivity index (χ0) is 13.1. The van der Waals surface area contributed by atoms with Gasteiger partial charge in [0, 0.05) is 19.1 Å². The minimum atomic E-state index is 0.703. The predicted molar refractivity (Wildman–Crippen MR) is 81.1 cm³/mol. The van der Waals surface area contributed by atoms with Crippen LogP contribution in [0.1, 0.15) is 71.6 Å². The molecule has 0 spiro atoms. The van der Waals surface area contributed by atoms with Crippen LogP contribution in [0.3, 0.4) is 0 Å². The molecule has 2 nitrogen and oxygen atoms in total. The van der Waals surface area contributed by atoms with Crippen molar-refractivity contribution in [3.63, 3.8) is 0 Å². The van der Waals surface area contributed by atoms with E-state index in [1.807, 2.05) is 0 Å². The summed E-state index contributed by atoms with van der Waals surface area (Å²) in [5.74, 6) is 0. The first-order valence-electron chi connectivity index (χ1n) is 8.28. The number of hydrogen-bond donors (Lipinski definition) is 1. The molecule has 1 aliphatic heterocycles. The van der Waals surface area contributed by atoms with Gasteiger partial charge < -0.3 is 10.2 Å². The highest BCUT2D eigenvalue weighted by molar-refractivity contribution is 4.67. The van der Waals surface area contributed by atoms with Crippen LogP contribution in [0.2, 0.25) is 0 Å². The third kappa shape index (κ3) is 8.10. The molecule has 18 heavy (non-hydrogen) atoms. The lowest BCUT2D eigenvalue weighted by Crippen LogP contribution is -2.36. The molecular weight excluding hydrogens is 220 g/mol. The highest BCUT2D eigenvalue weighted by Crippen LogP contribution is 2.09. The highest BCUT2D eigenvalue weighted by atomic mass is 15.1. The zero-order valence-corrected chi connectivity index (χ0v) is 12.7. The molecule has 1 heterocycles. The second kappa shape index (κ2) is 10.8. The maximum atomic E-state index is 3.69. The van der Waals surface area contributed by atoms with Crippen molar-refractivity contribution in [2.75, 3.05) is 26.2 Å². The molecule has 2 heteroatoms. The van der Waals surface area contributed by atoms with Crippen molar-refractivity contribution >= 4 is 0 Å². The Morgan fingerprint density at radius 2 is 1.72 bits per heavy atom. The lowest BCUT2D eigenvalue weighted by atomic mass is 10.1. The van der Waals surface area contributed by atoms with Crippen LogP contribution in [0.15, 0.2) is 0 Å². The van der Waals surface area contributed by atoms with E-state index in [0.29, 0.717) is 6.04 Å². The fraction of sp³-hybridized carbons (Fsp3) is 1.00. The van der Waals surface area contributed by atoms with Gasteiger partial charge >= 0.3 is 0 Å². The number of likely N-dealkylation sites (tertiary alicyclic amines) is 1. The minimum absolute atomic E-state index is 0.703. The minimum Gasteiger partial charge on any atom is -0.313 e.